The van der Waals surface area contributed by atoms with Crippen LogP contribution >= 0.6 is 0 Å². The number of hydrogen-bond donors (Lipinski definition) is 1. The van der Waals surface area contributed by atoms with E-state index in [9.17, 15) is 9.59 Å². The van der Waals surface area contributed by atoms with Crippen LogP contribution in [0.1, 0.15) is 55.5 Å². The van der Waals surface area contributed by atoms with Gasteiger partial charge in [0, 0.05) is 12.1 Å². The topological polar surface area (TPSA) is 49.4 Å². The highest BCUT2D eigenvalue weighted by atomic mass is 16.2. The molecule has 0 aliphatic heterocycles. The second-order valence-electron chi connectivity index (χ2n) is 9.02. The molecule has 0 saturated carbocycles. The highest BCUT2D eigenvalue weighted by molar-refractivity contribution is 5.88. The van der Waals surface area contributed by atoms with E-state index in [4.69, 9.17) is 0 Å². The molecule has 0 aromatic heterocycles. The zero-order chi connectivity index (χ0) is 21.8. The molecular weight excluding hydrogens is 360 g/mol. The van der Waals surface area contributed by atoms with Crippen molar-refractivity contribution in [1.82, 2.24) is 10.2 Å². The fourth-order valence-corrected chi connectivity index (χ4v) is 3.25. The third-order valence-electron chi connectivity index (χ3n) is 5.03. The summed E-state index contributed by atoms with van der Waals surface area (Å²) in [6.45, 7) is 14.2. The van der Waals surface area contributed by atoms with Gasteiger partial charge in [-0.3, -0.25) is 9.59 Å². The van der Waals surface area contributed by atoms with Gasteiger partial charge in [0.15, 0.2) is 0 Å². The fourth-order valence-electron chi connectivity index (χ4n) is 3.25. The molecule has 29 heavy (non-hydrogen) atoms. The smallest absolute Gasteiger partial charge is 0.242 e. The molecule has 0 aliphatic rings. The SMILES string of the molecule is Cc1cccc(CN(C(=O)Cc2ccc(C)c(C)c2)[C@H](C)C(=O)NC(C)(C)C)c1. The van der Waals surface area contributed by atoms with Crippen molar-refractivity contribution in [2.24, 2.45) is 0 Å². The van der Waals surface area contributed by atoms with Gasteiger partial charge in [-0.2, -0.15) is 0 Å². The molecule has 1 atom stereocenters. The van der Waals surface area contributed by atoms with Gasteiger partial charge in [-0.1, -0.05) is 48.0 Å². The number of hydrogen-bond acceptors (Lipinski definition) is 2. The summed E-state index contributed by atoms with van der Waals surface area (Å²) in [4.78, 5) is 27.7. The Morgan fingerprint density at radius 2 is 1.66 bits per heavy atom. The standard InChI is InChI=1S/C25H34N2O2/c1-17-9-8-10-22(13-17)16-27(20(4)24(29)26-25(5,6)7)23(28)15-21-12-11-18(2)19(3)14-21/h8-14,20H,15-16H2,1-7H3,(H,26,29)/t20-/m1/s1. The van der Waals surface area contributed by atoms with Crippen molar-refractivity contribution in [2.75, 3.05) is 0 Å². The second-order valence-corrected chi connectivity index (χ2v) is 9.02. The summed E-state index contributed by atoms with van der Waals surface area (Å²) in [5.74, 6) is -0.190. The summed E-state index contributed by atoms with van der Waals surface area (Å²) in [5, 5.41) is 3.00. The summed E-state index contributed by atoms with van der Waals surface area (Å²) < 4.78 is 0. The van der Waals surface area contributed by atoms with Crippen molar-refractivity contribution in [2.45, 2.75) is 73.0 Å². The monoisotopic (exact) mass is 394 g/mol. The predicted octanol–water partition coefficient (Wildman–Crippen LogP) is 4.49. The van der Waals surface area contributed by atoms with Crippen molar-refractivity contribution >= 4 is 11.8 Å². The van der Waals surface area contributed by atoms with Gasteiger partial charge in [0.1, 0.15) is 6.04 Å². The van der Waals surface area contributed by atoms with Crippen LogP contribution in [0.2, 0.25) is 0 Å². The van der Waals surface area contributed by atoms with Gasteiger partial charge in [-0.05, 0) is 70.7 Å². The lowest BCUT2D eigenvalue weighted by Gasteiger charge is -2.31. The van der Waals surface area contributed by atoms with E-state index >= 15 is 0 Å². The molecular formula is C25H34N2O2. The van der Waals surface area contributed by atoms with Crippen LogP contribution in [0.5, 0.6) is 0 Å². The molecule has 0 aliphatic carbocycles. The first-order valence-corrected chi connectivity index (χ1v) is 10.2. The molecule has 0 bridgehead atoms. The highest BCUT2D eigenvalue weighted by Gasteiger charge is 2.28. The van der Waals surface area contributed by atoms with Crippen LogP contribution in [-0.2, 0) is 22.6 Å². The molecule has 156 valence electrons. The Kier molecular flexibility index (Phi) is 7.23. The van der Waals surface area contributed by atoms with Gasteiger partial charge in [0.25, 0.3) is 0 Å². The number of rotatable bonds is 6. The number of carbonyl (C=O) groups excluding carboxylic acids is 2. The van der Waals surface area contributed by atoms with E-state index in [1.807, 2.05) is 65.0 Å². The Hall–Kier alpha value is -2.62. The average molecular weight is 395 g/mol. The summed E-state index contributed by atoms with van der Waals surface area (Å²) in [6.07, 6.45) is 0.278. The van der Waals surface area contributed by atoms with E-state index in [0.717, 1.165) is 16.7 Å². The van der Waals surface area contributed by atoms with E-state index in [2.05, 4.69) is 24.4 Å². The van der Waals surface area contributed by atoms with E-state index in [1.165, 1.54) is 11.1 Å². The largest absolute Gasteiger partial charge is 0.350 e. The highest BCUT2D eigenvalue weighted by Crippen LogP contribution is 2.16. The maximum absolute atomic E-state index is 13.3. The van der Waals surface area contributed by atoms with E-state index < -0.39 is 6.04 Å². The van der Waals surface area contributed by atoms with Crippen molar-refractivity contribution in [3.63, 3.8) is 0 Å². The molecule has 0 unspecified atom stereocenters. The minimum atomic E-state index is -0.561. The van der Waals surface area contributed by atoms with Crippen LogP contribution in [0.4, 0.5) is 0 Å². The van der Waals surface area contributed by atoms with Crippen molar-refractivity contribution < 1.29 is 9.59 Å². The molecule has 4 nitrogen and oxygen atoms in total. The Balaban J connectivity index is 2.27. The zero-order valence-corrected chi connectivity index (χ0v) is 18.8. The molecule has 2 rings (SSSR count). The Labute approximate surface area is 175 Å². The van der Waals surface area contributed by atoms with Crippen molar-refractivity contribution in [3.05, 3.63) is 70.3 Å². The Morgan fingerprint density at radius 1 is 0.966 bits per heavy atom. The predicted molar refractivity (Wildman–Crippen MR) is 119 cm³/mol. The maximum atomic E-state index is 13.3. The normalized spacial score (nSPS) is 12.4. The van der Waals surface area contributed by atoms with Crippen LogP contribution in [-0.4, -0.2) is 28.3 Å². The number of nitrogens with one attached hydrogen (secondary N) is 1. The van der Waals surface area contributed by atoms with Crippen LogP contribution in [0.3, 0.4) is 0 Å². The summed E-state index contributed by atoms with van der Waals surface area (Å²) in [7, 11) is 0. The molecule has 0 fully saturated rings. The minimum Gasteiger partial charge on any atom is -0.350 e. The maximum Gasteiger partial charge on any atom is 0.242 e. The fraction of sp³-hybridized carbons (Fsp3) is 0.440. The molecule has 0 radical (unpaired) electrons. The van der Waals surface area contributed by atoms with Gasteiger partial charge in [0.05, 0.1) is 6.42 Å². The summed E-state index contributed by atoms with van der Waals surface area (Å²) >= 11 is 0. The molecule has 0 saturated heterocycles. The van der Waals surface area contributed by atoms with Crippen LogP contribution in [0, 0.1) is 20.8 Å². The lowest BCUT2D eigenvalue weighted by Crippen LogP contribution is -2.52. The molecule has 1 N–H and O–H groups in total. The first kappa shape index (κ1) is 22.7. The van der Waals surface area contributed by atoms with Gasteiger partial charge in [-0.15, -0.1) is 0 Å². The molecule has 2 aromatic rings. The van der Waals surface area contributed by atoms with Crippen LogP contribution in [0.25, 0.3) is 0 Å². The lowest BCUT2D eigenvalue weighted by molar-refractivity contribution is -0.140. The van der Waals surface area contributed by atoms with Gasteiger partial charge < -0.3 is 10.2 Å². The minimum absolute atomic E-state index is 0.0497. The molecule has 0 heterocycles. The summed E-state index contributed by atoms with van der Waals surface area (Å²) in [6, 6.07) is 13.6. The molecule has 2 aromatic carbocycles. The third kappa shape index (κ3) is 6.74. The second kappa shape index (κ2) is 9.25. The molecule has 0 spiro atoms. The lowest BCUT2D eigenvalue weighted by atomic mass is 10.0. The van der Waals surface area contributed by atoms with Gasteiger partial charge >= 0.3 is 0 Å². The van der Waals surface area contributed by atoms with E-state index in [1.54, 1.807) is 11.8 Å². The zero-order valence-electron chi connectivity index (χ0n) is 18.8. The number of carbonyl (C=O) groups is 2. The van der Waals surface area contributed by atoms with Crippen LogP contribution in [0.15, 0.2) is 42.5 Å². The van der Waals surface area contributed by atoms with Gasteiger partial charge in [0.2, 0.25) is 11.8 Å². The number of aryl methyl sites for hydroxylation is 3. The van der Waals surface area contributed by atoms with Gasteiger partial charge in [-0.25, -0.2) is 0 Å². The first-order chi connectivity index (χ1) is 13.5. The Morgan fingerprint density at radius 3 is 2.24 bits per heavy atom. The van der Waals surface area contributed by atoms with Crippen molar-refractivity contribution in [3.8, 4) is 0 Å². The summed E-state index contributed by atoms with van der Waals surface area (Å²) in [5.41, 5.74) is 5.15. The molecule has 4 heteroatoms. The third-order valence-corrected chi connectivity index (χ3v) is 5.03. The van der Waals surface area contributed by atoms with Crippen molar-refractivity contribution in [1.29, 1.82) is 0 Å². The quantitative estimate of drug-likeness (QED) is 0.785. The van der Waals surface area contributed by atoms with Crippen LogP contribution < -0.4 is 5.32 Å². The number of benzene rings is 2. The number of nitrogens with zero attached hydrogens (tertiary/aromatic N) is 1. The Bertz CT molecular complexity index is 881. The van der Waals surface area contributed by atoms with E-state index in [0.29, 0.717) is 6.54 Å². The average Bonchev–Trinajstić information content (AvgIpc) is 2.60. The molecule has 2 amide bonds. The first-order valence-electron chi connectivity index (χ1n) is 10.2. The van der Waals surface area contributed by atoms with E-state index in [-0.39, 0.29) is 23.8 Å². The number of amides is 2.